The van der Waals surface area contributed by atoms with Gasteiger partial charge in [-0.3, -0.25) is 9.80 Å². The van der Waals surface area contributed by atoms with Crippen molar-refractivity contribution in [2.24, 2.45) is 11.8 Å². The number of rotatable bonds is 3. The summed E-state index contributed by atoms with van der Waals surface area (Å²) in [6.45, 7) is 5.57. The number of likely N-dealkylation sites (tertiary alicyclic amines) is 1. The monoisotopic (exact) mass is 340 g/mol. The maximum atomic E-state index is 5.67. The van der Waals surface area contributed by atoms with Crippen LogP contribution >= 0.6 is 0 Å². The molecule has 1 aromatic carbocycles. The van der Waals surface area contributed by atoms with Crippen molar-refractivity contribution < 1.29 is 9.47 Å². The van der Waals surface area contributed by atoms with Crippen molar-refractivity contribution in [3.8, 4) is 11.5 Å². The van der Waals surface area contributed by atoms with Gasteiger partial charge in [0.2, 0.25) is 6.79 Å². The molecule has 4 saturated heterocycles. The highest BCUT2D eigenvalue weighted by Gasteiger charge is 2.53. The molecule has 3 atom stereocenters. The molecule has 5 fully saturated rings. The van der Waals surface area contributed by atoms with Gasteiger partial charge in [-0.1, -0.05) is 12.5 Å². The molecule has 6 aliphatic rings. The lowest BCUT2D eigenvalue weighted by Crippen LogP contribution is -2.60. The Bertz CT molecular complexity index is 666. The fourth-order valence-corrected chi connectivity index (χ4v) is 6.19. The summed E-state index contributed by atoms with van der Waals surface area (Å²) in [5.41, 5.74) is 1.46. The molecule has 1 aromatic rings. The number of nitrogens with zero attached hydrogens (tertiary/aromatic N) is 2. The second kappa shape index (κ2) is 5.62. The molecule has 0 N–H and O–H groups in total. The van der Waals surface area contributed by atoms with Gasteiger partial charge in [0, 0.05) is 31.1 Å². The van der Waals surface area contributed by atoms with Crippen molar-refractivity contribution >= 4 is 0 Å². The van der Waals surface area contributed by atoms with E-state index in [1.807, 2.05) is 0 Å². The Morgan fingerprint density at radius 1 is 0.960 bits per heavy atom. The van der Waals surface area contributed by atoms with Gasteiger partial charge in [0.1, 0.15) is 0 Å². The third-order valence-corrected chi connectivity index (χ3v) is 7.64. The summed E-state index contributed by atoms with van der Waals surface area (Å²) >= 11 is 0. The van der Waals surface area contributed by atoms with Crippen LogP contribution in [0.3, 0.4) is 0 Å². The summed E-state index contributed by atoms with van der Waals surface area (Å²) in [6, 6.07) is 8.19. The summed E-state index contributed by atoms with van der Waals surface area (Å²) in [5, 5.41) is 0. The van der Waals surface area contributed by atoms with Gasteiger partial charge in [-0.25, -0.2) is 0 Å². The van der Waals surface area contributed by atoms with E-state index in [0.717, 1.165) is 29.4 Å². The van der Waals surface area contributed by atoms with Crippen molar-refractivity contribution in [1.29, 1.82) is 0 Å². The average Bonchev–Trinajstić information content (AvgIpc) is 3.24. The fraction of sp³-hybridized carbons (Fsp3) is 0.714. The van der Waals surface area contributed by atoms with Gasteiger partial charge in [-0.2, -0.15) is 0 Å². The quantitative estimate of drug-likeness (QED) is 0.844. The number of hydrogen-bond acceptors (Lipinski definition) is 4. The second-order valence-electron chi connectivity index (χ2n) is 8.82. The third kappa shape index (κ3) is 2.26. The number of benzene rings is 1. The molecule has 134 valence electrons. The minimum Gasteiger partial charge on any atom is -0.454 e. The van der Waals surface area contributed by atoms with E-state index in [1.165, 1.54) is 63.8 Å². The molecule has 4 nitrogen and oxygen atoms in total. The Labute approximate surface area is 150 Å². The Hall–Kier alpha value is -1.26. The fourth-order valence-electron chi connectivity index (χ4n) is 6.19. The van der Waals surface area contributed by atoms with Gasteiger partial charge in [-0.15, -0.1) is 0 Å². The van der Waals surface area contributed by atoms with Crippen molar-refractivity contribution in [2.45, 2.75) is 50.1 Å². The zero-order valence-corrected chi connectivity index (χ0v) is 14.9. The summed E-state index contributed by atoms with van der Waals surface area (Å²) in [7, 11) is 0. The first-order valence-electron chi connectivity index (χ1n) is 10.2. The van der Waals surface area contributed by atoms with Crippen LogP contribution in [0.4, 0.5) is 0 Å². The molecule has 0 radical (unpaired) electrons. The molecule has 0 aromatic heterocycles. The van der Waals surface area contributed by atoms with Crippen LogP contribution in [-0.4, -0.2) is 54.9 Å². The number of piperidine rings is 3. The van der Waals surface area contributed by atoms with Crippen LogP contribution in [0.1, 0.15) is 43.6 Å². The minimum atomic E-state index is 0.373. The molecule has 1 saturated carbocycles. The number of fused-ring (bicyclic) bond motifs is 3. The molecule has 7 rings (SSSR count). The molecule has 0 amide bonds. The topological polar surface area (TPSA) is 24.9 Å². The van der Waals surface area contributed by atoms with Crippen LogP contribution in [-0.2, 0) is 0 Å². The lowest BCUT2D eigenvalue weighted by Gasteiger charge is -2.52. The third-order valence-electron chi connectivity index (χ3n) is 7.64. The van der Waals surface area contributed by atoms with Crippen LogP contribution < -0.4 is 9.47 Å². The molecule has 2 bridgehead atoms. The maximum Gasteiger partial charge on any atom is 0.231 e. The highest BCUT2D eigenvalue weighted by atomic mass is 16.7. The van der Waals surface area contributed by atoms with Gasteiger partial charge < -0.3 is 9.47 Å². The van der Waals surface area contributed by atoms with Gasteiger partial charge in [0.05, 0.1) is 0 Å². The molecule has 0 unspecified atom stereocenters. The van der Waals surface area contributed by atoms with Gasteiger partial charge in [0.15, 0.2) is 11.5 Å². The predicted octanol–water partition coefficient (Wildman–Crippen LogP) is 3.08. The van der Waals surface area contributed by atoms with E-state index < -0.39 is 0 Å². The van der Waals surface area contributed by atoms with Gasteiger partial charge >= 0.3 is 0 Å². The zero-order valence-electron chi connectivity index (χ0n) is 14.9. The Kier molecular flexibility index (Phi) is 3.34. The van der Waals surface area contributed by atoms with Crippen LogP contribution in [0.15, 0.2) is 18.2 Å². The first-order chi connectivity index (χ1) is 12.4. The lowest BCUT2D eigenvalue weighted by molar-refractivity contribution is -0.0134. The number of ether oxygens (including phenoxy) is 2. The Balaban J connectivity index is 1.33. The smallest absolute Gasteiger partial charge is 0.231 e. The largest absolute Gasteiger partial charge is 0.454 e. The van der Waals surface area contributed by atoms with Crippen LogP contribution in [0.2, 0.25) is 0 Å². The molecule has 0 spiro atoms. The maximum absolute atomic E-state index is 5.67. The summed E-state index contributed by atoms with van der Waals surface area (Å²) in [4.78, 5) is 5.69. The summed E-state index contributed by atoms with van der Waals surface area (Å²) < 4.78 is 11.2. The molecule has 4 heteroatoms. The standard InChI is InChI=1S/C21H28N2O2/c1-2-14(3-1)11-23-12-17(16-4-5-18-19(10-16)25-13-24-18)21-20(23)15-6-8-22(21)9-7-15/h4-5,10,14-15,17,20-21H,1-3,6-9,11-13H2/t17-,20-,21-/m1/s1. The molecule has 5 heterocycles. The van der Waals surface area contributed by atoms with E-state index in [1.54, 1.807) is 0 Å². The SMILES string of the molecule is c1cc2c(cc1[C@H]1CN(CC3CCC3)[C@@H]3C4CCN(CC4)[C@H]13)OCO2. The lowest BCUT2D eigenvalue weighted by atomic mass is 9.75. The normalized spacial score (nSPS) is 39.4. The van der Waals surface area contributed by atoms with Crippen molar-refractivity contribution in [3.05, 3.63) is 23.8 Å². The molecular formula is C21H28N2O2. The second-order valence-corrected chi connectivity index (χ2v) is 8.82. The molecule has 5 aliphatic heterocycles. The van der Waals surface area contributed by atoms with Crippen molar-refractivity contribution in [1.82, 2.24) is 9.80 Å². The predicted molar refractivity (Wildman–Crippen MR) is 96.1 cm³/mol. The van der Waals surface area contributed by atoms with E-state index in [4.69, 9.17) is 9.47 Å². The van der Waals surface area contributed by atoms with Crippen LogP contribution in [0, 0.1) is 11.8 Å². The molecular weight excluding hydrogens is 312 g/mol. The van der Waals surface area contributed by atoms with E-state index in [2.05, 4.69) is 28.0 Å². The van der Waals surface area contributed by atoms with Crippen molar-refractivity contribution in [2.75, 3.05) is 33.0 Å². The first kappa shape index (κ1) is 14.9. The van der Waals surface area contributed by atoms with Crippen LogP contribution in [0.25, 0.3) is 0 Å². The molecule has 1 aliphatic carbocycles. The molecule has 25 heavy (non-hydrogen) atoms. The summed E-state index contributed by atoms with van der Waals surface area (Å²) in [5.74, 6) is 4.38. The average molecular weight is 340 g/mol. The Morgan fingerprint density at radius 3 is 2.60 bits per heavy atom. The van der Waals surface area contributed by atoms with E-state index in [0.29, 0.717) is 18.8 Å². The van der Waals surface area contributed by atoms with Crippen molar-refractivity contribution in [3.63, 3.8) is 0 Å². The highest BCUT2D eigenvalue weighted by molar-refractivity contribution is 5.46. The highest BCUT2D eigenvalue weighted by Crippen LogP contribution is 2.48. The Morgan fingerprint density at radius 2 is 1.80 bits per heavy atom. The van der Waals surface area contributed by atoms with E-state index >= 15 is 0 Å². The zero-order chi connectivity index (χ0) is 16.4. The minimum absolute atomic E-state index is 0.373. The first-order valence-corrected chi connectivity index (χ1v) is 10.2. The van der Waals surface area contributed by atoms with Gasteiger partial charge in [-0.05, 0) is 68.3 Å². The summed E-state index contributed by atoms with van der Waals surface area (Å²) in [6.07, 6.45) is 7.19. The van der Waals surface area contributed by atoms with E-state index in [-0.39, 0.29) is 0 Å². The van der Waals surface area contributed by atoms with E-state index in [9.17, 15) is 0 Å². The number of hydrogen-bond donors (Lipinski definition) is 0. The van der Waals surface area contributed by atoms with Crippen LogP contribution in [0.5, 0.6) is 11.5 Å². The van der Waals surface area contributed by atoms with Gasteiger partial charge in [0.25, 0.3) is 0 Å².